The number of halogens is 1. The van der Waals surface area contributed by atoms with E-state index in [1.807, 2.05) is 6.07 Å². The predicted molar refractivity (Wildman–Crippen MR) is 79.3 cm³/mol. The lowest BCUT2D eigenvalue weighted by Gasteiger charge is -2.11. The predicted octanol–water partition coefficient (Wildman–Crippen LogP) is 3.58. The molecule has 1 unspecified atom stereocenters. The lowest BCUT2D eigenvalue weighted by molar-refractivity contribution is -0.118. The van der Waals surface area contributed by atoms with E-state index in [-0.39, 0.29) is 18.3 Å². The van der Waals surface area contributed by atoms with E-state index >= 15 is 0 Å². The number of benzene rings is 2. The van der Waals surface area contributed by atoms with Crippen molar-refractivity contribution >= 4 is 29.2 Å². The number of amides is 1. The highest BCUT2D eigenvalue weighted by atomic mass is 35.5. The highest BCUT2D eigenvalue weighted by Gasteiger charge is 2.31. The molecule has 3 rings (SSSR count). The van der Waals surface area contributed by atoms with Crippen LogP contribution in [-0.2, 0) is 9.53 Å². The number of fused-ring (bicyclic) bond motifs is 1. The molecule has 21 heavy (non-hydrogen) atoms. The van der Waals surface area contributed by atoms with Crippen LogP contribution in [0.25, 0.3) is 0 Å². The minimum atomic E-state index is -0.534. The van der Waals surface area contributed by atoms with Crippen LogP contribution >= 0.6 is 11.6 Å². The Balaban J connectivity index is 1.70. The maximum atomic E-state index is 12.1. The van der Waals surface area contributed by atoms with E-state index in [4.69, 9.17) is 16.3 Å². The number of esters is 1. The second-order valence-electron chi connectivity index (χ2n) is 4.74. The van der Waals surface area contributed by atoms with E-state index in [0.717, 1.165) is 5.56 Å². The molecule has 0 spiro atoms. The van der Waals surface area contributed by atoms with Crippen LogP contribution in [0.15, 0.2) is 48.5 Å². The molecular weight excluding hydrogens is 290 g/mol. The molecule has 1 heterocycles. The Morgan fingerprint density at radius 3 is 2.81 bits per heavy atom. The zero-order valence-electron chi connectivity index (χ0n) is 11.0. The maximum Gasteiger partial charge on any atom is 0.339 e. The summed E-state index contributed by atoms with van der Waals surface area (Å²) in [6.45, 7) is 0. The van der Waals surface area contributed by atoms with Gasteiger partial charge < -0.3 is 10.1 Å². The molecule has 1 N–H and O–H groups in total. The fraction of sp³-hybridized carbons (Fsp3) is 0.125. The van der Waals surface area contributed by atoms with Crippen LogP contribution in [0.1, 0.15) is 28.4 Å². The van der Waals surface area contributed by atoms with Gasteiger partial charge in [-0.25, -0.2) is 4.79 Å². The number of carbonyl (C=O) groups excluding carboxylic acids is 2. The Hall–Kier alpha value is -2.33. The molecule has 0 saturated heterocycles. The van der Waals surface area contributed by atoms with Crippen molar-refractivity contribution in [3.8, 4) is 0 Å². The second kappa shape index (κ2) is 5.58. The molecule has 0 radical (unpaired) electrons. The van der Waals surface area contributed by atoms with Crippen molar-refractivity contribution in [3.63, 3.8) is 0 Å². The van der Waals surface area contributed by atoms with Crippen molar-refractivity contribution in [3.05, 3.63) is 64.7 Å². The molecule has 1 aliphatic rings. The molecule has 5 heteroatoms. The Bertz CT molecular complexity index is 714. The van der Waals surface area contributed by atoms with E-state index in [0.29, 0.717) is 16.3 Å². The molecule has 0 bridgehead atoms. The molecule has 106 valence electrons. The lowest BCUT2D eigenvalue weighted by Crippen LogP contribution is -2.15. The maximum absolute atomic E-state index is 12.1. The smallest absolute Gasteiger partial charge is 0.339 e. The molecule has 1 aliphatic heterocycles. The van der Waals surface area contributed by atoms with Gasteiger partial charge in [-0.15, -0.1) is 0 Å². The molecule has 0 fully saturated rings. The summed E-state index contributed by atoms with van der Waals surface area (Å²) in [5, 5.41) is 3.29. The van der Waals surface area contributed by atoms with Crippen molar-refractivity contribution < 1.29 is 14.3 Å². The third-order valence-corrected chi connectivity index (χ3v) is 3.49. The van der Waals surface area contributed by atoms with E-state index in [9.17, 15) is 9.59 Å². The number of nitrogens with one attached hydrogen (secondary N) is 1. The van der Waals surface area contributed by atoms with Gasteiger partial charge in [0, 0.05) is 16.3 Å². The first kappa shape index (κ1) is 13.6. The van der Waals surface area contributed by atoms with Crippen molar-refractivity contribution in [1.82, 2.24) is 0 Å². The van der Waals surface area contributed by atoms with Crippen LogP contribution in [0.2, 0.25) is 5.02 Å². The highest BCUT2D eigenvalue weighted by molar-refractivity contribution is 6.30. The average molecular weight is 302 g/mol. The van der Waals surface area contributed by atoms with Gasteiger partial charge in [0.05, 0.1) is 12.0 Å². The minimum Gasteiger partial charge on any atom is -0.453 e. The van der Waals surface area contributed by atoms with Crippen LogP contribution in [0.5, 0.6) is 0 Å². The molecule has 0 aliphatic carbocycles. The summed E-state index contributed by atoms with van der Waals surface area (Å²) in [7, 11) is 0. The summed E-state index contributed by atoms with van der Waals surface area (Å²) >= 11 is 5.86. The number of cyclic esters (lactones) is 1. The van der Waals surface area contributed by atoms with Crippen LogP contribution in [-0.4, -0.2) is 11.9 Å². The zero-order valence-corrected chi connectivity index (χ0v) is 11.8. The van der Waals surface area contributed by atoms with Crippen molar-refractivity contribution in [2.45, 2.75) is 12.5 Å². The topological polar surface area (TPSA) is 55.4 Å². The summed E-state index contributed by atoms with van der Waals surface area (Å²) in [6, 6.07) is 14.0. The van der Waals surface area contributed by atoms with E-state index < -0.39 is 6.10 Å². The number of rotatable bonds is 3. The van der Waals surface area contributed by atoms with Gasteiger partial charge in [0.1, 0.15) is 6.10 Å². The quantitative estimate of drug-likeness (QED) is 0.882. The highest BCUT2D eigenvalue weighted by Crippen LogP contribution is 2.33. The Morgan fingerprint density at radius 2 is 2.00 bits per heavy atom. The summed E-state index contributed by atoms with van der Waals surface area (Å²) in [4.78, 5) is 23.7. The lowest BCUT2D eigenvalue weighted by atomic mass is 10.0. The Labute approximate surface area is 126 Å². The summed E-state index contributed by atoms with van der Waals surface area (Å²) in [6.07, 6.45) is -0.456. The molecule has 0 saturated carbocycles. The van der Waals surface area contributed by atoms with Gasteiger partial charge in [0.2, 0.25) is 5.91 Å². The monoisotopic (exact) mass is 301 g/mol. The number of carbonyl (C=O) groups is 2. The van der Waals surface area contributed by atoms with Gasteiger partial charge in [0.25, 0.3) is 0 Å². The zero-order chi connectivity index (χ0) is 14.8. The third-order valence-electron chi connectivity index (χ3n) is 3.26. The fourth-order valence-corrected chi connectivity index (χ4v) is 2.51. The summed E-state index contributed by atoms with van der Waals surface area (Å²) < 4.78 is 5.24. The summed E-state index contributed by atoms with van der Waals surface area (Å²) in [5.41, 5.74) is 1.90. The Morgan fingerprint density at radius 1 is 1.19 bits per heavy atom. The van der Waals surface area contributed by atoms with Gasteiger partial charge in [-0.3, -0.25) is 4.79 Å². The Kier molecular flexibility index (Phi) is 3.62. The van der Waals surface area contributed by atoms with Gasteiger partial charge in [-0.05, 0) is 24.3 Å². The average Bonchev–Trinajstić information content (AvgIpc) is 2.76. The van der Waals surface area contributed by atoms with Crippen molar-refractivity contribution in [2.75, 3.05) is 5.32 Å². The molecule has 1 atom stereocenters. The van der Waals surface area contributed by atoms with Crippen LogP contribution in [0.4, 0.5) is 5.69 Å². The third kappa shape index (κ3) is 2.90. The molecule has 0 aromatic heterocycles. The summed E-state index contributed by atoms with van der Waals surface area (Å²) in [5.74, 6) is -0.613. The number of hydrogen-bond donors (Lipinski definition) is 1. The van der Waals surface area contributed by atoms with Gasteiger partial charge in [-0.2, -0.15) is 0 Å². The first-order valence-corrected chi connectivity index (χ1v) is 6.86. The van der Waals surface area contributed by atoms with Crippen LogP contribution in [0.3, 0.4) is 0 Å². The molecule has 2 aromatic rings. The largest absolute Gasteiger partial charge is 0.453 e. The van der Waals surface area contributed by atoms with Crippen molar-refractivity contribution in [2.24, 2.45) is 0 Å². The first-order valence-electron chi connectivity index (χ1n) is 6.49. The van der Waals surface area contributed by atoms with E-state index in [1.165, 1.54) is 0 Å². The molecular formula is C16H12ClNO3. The number of hydrogen-bond acceptors (Lipinski definition) is 3. The van der Waals surface area contributed by atoms with E-state index in [1.54, 1.807) is 42.5 Å². The first-order chi connectivity index (χ1) is 10.1. The van der Waals surface area contributed by atoms with Gasteiger partial charge in [0.15, 0.2) is 0 Å². The number of anilines is 1. The van der Waals surface area contributed by atoms with Crippen LogP contribution in [0, 0.1) is 0 Å². The standard InChI is InChI=1S/C16H12ClNO3/c17-10-4-3-5-11(8-10)18-15(19)9-14-12-6-1-2-7-13(12)16(20)21-14/h1-8,14H,9H2,(H,18,19). The fourth-order valence-electron chi connectivity index (χ4n) is 2.32. The molecule has 4 nitrogen and oxygen atoms in total. The minimum absolute atomic E-state index is 0.0786. The van der Waals surface area contributed by atoms with E-state index in [2.05, 4.69) is 5.32 Å². The molecule has 2 aromatic carbocycles. The van der Waals surface area contributed by atoms with Crippen molar-refractivity contribution in [1.29, 1.82) is 0 Å². The second-order valence-corrected chi connectivity index (χ2v) is 5.18. The molecule has 1 amide bonds. The SMILES string of the molecule is O=C(CC1OC(=O)c2ccccc21)Nc1cccc(Cl)c1. The normalized spacial score (nSPS) is 16.2. The van der Waals surface area contributed by atoms with Crippen LogP contribution < -0.4 is 5.32 Å². The van der Waals surface area contributed by atoms with Gasteiger partial charge in [-0.1, -0.05) is 35.9 Å². The van der Waals surface area contributed by atoms with Gasteiger partial charge >= 0.3 is 5.97 Å². The number of ether oxygens (including phenoxy) is 1.